The molecule has 0 bridgehead atoms. The van der Waals surface area contributed by atoms with Crippen LogP contribution in [0.2, 0.25) is 0 Å². The van der Waals surface area contributed by atoms with E-state index >= 15 is 0 Å². The zero-order valence-corrected chi connectivity index (χ0v) is 13.8. The second-order valence-electron chi connectivity index (χ2n) is 5.98. The van der Waals surface area contributed by atoms with Crippen molar-refractivity contribution in [3.63, 3.8) is 0 Å². The lowest BCUT2D eigenvalue weighted by molar-refractivity contribution is -0.117. The smallest absolute Gasteiger partial charge is 0.364 e. The molecule has 1 aromatic heterocycles. The fourth-order valence-corrected chi connectivity index (χ4v) is 3.04. The summed E-state index contributed by atoms with van der Waals surface area (Å²) in [6.07, 6.45) is 1.40. The molecule has 0 unspecified atom stereocenters. The zero-order valence-electron chi connectivity index (χ0n) is 13.8. The van der Waals surface area contributed by atoms with E-state index in [1.54, 1.807) is 53.4 Å². The number of aromatic amines is 1. The Morgan fingerprint density at radius 2 is 1.77 bits per heavy atom. The van der Waals surface area contributed by atoms with Gasteiger partial charge in [-0.1, -0.05) is 18.2 Å². The number of esters is 1. The van der Waals surface area contributed by atoms with Crippen LogP contribution in [0.5, 0.6) is 5.75 Å². The standard InChI is InChI=1S/C19H15N3O4/c23-16-6-3-11-22(16)12-7-9-13(10-8-12)26-19(25)17-14-4-1-2-5-15(14)18(24)21-20-17/h1-2,4-5,7-10H,3,6,11H2,(H,21,24). The van der Waals surface area contributed by atoms with Crippen LogP contribution in [0.4, 0.5) is 5.69 Å². The van der Waals surface area contributed by atoms with Crippen molar-refractivity contribution in [3.05, 3.63) is 64.6 Å². The Hall–Kier alpha value is -3.48. The number of ether oxygens (including phenoxy) is 1. The molecular formula is C19H15N3O4. The lowest BCUT2D eigenvalue weighted by Gasteiger charge is -2.15. The monoisotopic (exact) mass is 349 g/mol. The molecule has 1 fully saturated rings. The van der Waals surface area contributed by atoms with Crippen LogP contribution < -0.4 is 15.2 Å². The Morgan fingerprint density at radius 1 is 1.04 bits per heavy atom. The summed E-state index contributed by atoms with van der Waals surface area (Å²) in [5.41, 5.74) is 0.454. The van der Waals surface area contributed by atoms with Gasteiger partial charge in [0.05, 0.1) is 5.39 Å². The van der Waals surface area contributed by atoms with Gasteiger partial charge in [0.15, 0.2) is 5.69 Å². The van der Waals surface area contributed by atoms with Gasteiger partial charge in [-0.3, -0.25) is 9.59 Å². The maximum atomic E-state index is 12.5. The molecule has 1 saturated heterocycles. The van der Waals surface area contributed by atoms with Crippen molar-refractivity contribution in [1.82, 2.24) is 10.2 Å². The molecule has 0 spiro atoms. The van der Waals surface area contributed by atoms with Gasteiger partial charge in [-0.25, -0.2) is 9.89 Å². The average Bonchev–Trinajstić information content (AvgIpc) is 3.09. The number of benzene rings is 2. The number of fused-ring (bicyclic) bond motifs is 1. The fraction of sp³-hybridized carbons (Fsp3) is 0.158. The maximum Gasteiger partial charge on any atom is 0.364 e. The number of nitrogens with zero attached hydrogens (tertiary/aromatic N) is 2. The minimum Gasteiger partial charge on any atom is -0.422 e. The number of H-pyrrole nitrogens is 1. The molecule has 1 aliphatic heterocycles. The number of carbonyl (C=O) groups is 2. The SMILES string of the molecule is O=C(Oc1ccc(N2CCCC2=O)cc1)c1n[nH]c(=O)c2ccccc12. The number of amides is 1. The van der Waals surface area contributed by atoms with E-state index < -0.39 is 5.97 Å². The van der Waals surface area contributed by atoms with Gasteiger partial charge >= 0.3 is 5.97 Å². The first-order chi connectivity index (χ1) is 12.6. The minimum atomic E-state index is -0.664. The molecule has 1 aliphatic rings. The summed E-state index contributed by atoms with van der Waals surface area (Å²) in [7, 11) is 0. The van der Waals surface area contributed by atoms with Crippen molar-refractivity contribution >= 4 is 28.3 Å². The molecule has 0 aliphatic carbocycles. The van der Waals surface area contributed by atoms with E-state index in [0.717, 1.165) is 12.1 Å². The van der Waals surface area contributed by atoms with E-state index in [0.29, 0.717) is 29.5 Å². The number of anilines is 1. The summed E-state index contributed by atoms with van der Waals surface area (Å²) in [5.74, 6) is -0.233. The topological polar surface area (TPSA) is 92.4 Å². The highest BCUT2D eigenvalue weighted by molar-refractivity contribution is 6.02. The van der Waals surface area contributed by atoms with Crippen LogP contribution in [0.25, 0.3) is 10.8 Å². The Balaban J connectivity index is 1.58. The third-order valence-electron chi connectivity index (χ3n) is 4.32. The molecule has 0 saturated carbocycles. The predicted molar refractivity (Wildman–Crippen MR) is 95.4 cm³/mol. The summed E-state index contributed by atoms with van der Waals surface area (Å²) in [6.45, 7) is 0.700. The number of rotatable bonds is 3. The van der Waals surface area contributed by atoms with Crippen LogP contribution in [0.15, 0.2) is 53.3 Å². The summed E-state index contributed by atoms with van der Waals surface area (Å²) in [6, 6.07) is 13.5. The lowest BCUT2D eigenvalue weighted by atomic mass is 10.1. The fourth-order valence-electron chi connectivity index (χ4n) is 3.04. The molecule has 7 heteroatoms. The molecule has 1 amide bonds. The third-order valence-corrected chi connectivity index (χ3v) is 4.32. The molecule has 7 nitrogen and oxygen atoms in total. The highest BCUT2D eigenvalue weighted by Crippen LogP contribution is 2.24. The van der Waals surface area contributed by atoms with Crippen molar-refractivity contribution in [3.8, 4) is 5.75 Å². The Kier molecular flexibility index (Phi) is 3.96. The lowest BCUT2D eigenvalue weighted by Crippen LogP contribution is -2.23. The van der Waals surface area contributed by atoms with Gasteiger partial charge in [0.1, 0.15) is 5.75 Å². The van der Waals surface area contributed by atoms with E-state index in [9.17, 15) is 14.4 Å². The van der Waals surface area contributed by atoms with E-state index in [-0.39, 0.29) is 17.2 Å². The number of hydrogen-bond acceptors (Lipinski definition) is 5. The van der Waals surface area contributed by atoms with Gasteiger partial charge in [0.2, 0.25) is 5.91 Å². The highest BCUT2D eigenvalue weighted by Gasteiger charge is 2.22. The van der Waals surface area contributed by atoms with Crippen LogP contribution >= 0.6 is 0 Å². The number of aromatic nitrogens is 2. The minimum absolute atomic E-state index is 0.0407. The Bertz CT molecular complexity index is 1060. The van der Waals surface area contributed by atoms with Crippen molar-refractivity contribution in [2.75, 3.05) is 11.4 Å². The summed E-state index contributed by atoms with van der Waals surface area (Å²) < 4.78 is 5.37. The predicted octanol–water partition coefficient (Wildman–Crippen LogP) is 2.27. The molecule has 4 rings (SSSR count). The largest absolute Gasteiger partial charge is 0.422 e. The summed E-state index contributed by atoms with van der Waals surface area (Å²) >= 11 is 0. The van der Waals surface area contributed by atoms with Gasteiger partial charge in [0.25, 0.3) is 5.56 Å². The molecule has 26 heavy (non-hydrogen) atoms. The van der Waals surface area contributed by atoms with Crippen molar-refractivity contribution < 1.29 is 14.3 Å². The van der Waals surface area contributed by atoms with Crippen molar-refractivity contribution in [1.29, 1.82) is 0 Å². The van der Waals surface area contributed by atoms with Crippen LogP contribution in [0.3, 0.4) is 0 Å². The van der Waals surface area contributed by atoms with Crippen molar-refractivity contribution in [2.45, 2.75) is 12.8 Å². The van der Waals surface area contributed by atoms with E-state index in [2.05, 4.69) is 10.2 Å². The first-order valence-corrected chi connectivity index (χ1v) is 8.23. The molecule has 2 heterocycles. The molecule has 0 radical (unpaired) electrons. The third kappa shape index (κ3) is 2.83. The van der Waals surface area contributed by atoms with E-state index in [1.165, 1.54) is 0 Å². The Morgan fingerprint density at radius 3 is 2.46 bits per heavy atom. The Labute approximate surface area is 148 Å². The van der Waals surface area contributed by atoms with Gasteiger partial charge in [-0.2, -0.15) is 5.10 Å². The van der Waals surface area contributed by atoms with Crippen LogP contribution in [-0.4, -0.2) is 28.6 Å². The van der Waals surface area contributed by atoms with Gasteiger partial charge in [0, 0.05) is 24.0 Å². The first-order valence-electron chi connectivity index (χ1n) is 8.23. The molecule has 1 N–H and O–H groups in total. The summed E-state index contributed by atoms with van der Waals surface area (Å²) in [5, 5.41) is 6.94. The van der Waals surface area contributed by atoms with Gasteiger partial charge in [-0.15, -0.1) is 0 Å². The molecule has 130 valence electrons. The molecular weight excluding hydrogens is 334 g/mol. The average molecular weight is 349 g/mol. The first kappa shape index (κ1) is 16.0. The van der Waals surface area contributed by atoms with Gasteiger partial charge in [-0.05, 0) is 36.8 Å². The van der Waals surface area contributed by atoms with Crippen LogP contribution in [0.1, 0.15) is 23.3 Å². The molecule has 0 atom stereocenters. The highest BCUT2D eigenvalue weighted by atomic mass is 16.5. The number of hydrogen-bond donors (Lipinski definition) is 1. The molecule has 2 aromatic carbocycles. The second-order valence-corrected chi connectivity index (χ2v) is 5.98. The number of carbonyl (C=O) groups excluding carboxylic acids is 2. The molecule has 3 aromatic rings. The van der Waals surface area contributed by atoms with E-state index in [1.807, 2.05) is 0 Å². The maximum absolute atomic E-state index is 12.5. The second kappa shape index (κ2) is 6.44. The normalized spacial score (nSPS) is 14.0. The zero-order chi connectivity index (χ0) is 18.1. The quantitative estimate of drug-likeness (QED) is 0.578. The number of nitrogens with one attached hydrogen (secondary N) is 1. The van der Waals surface area contributed by atoms with E-state index in [4.69, 9.17) is 4.74 Å². The van der Waals surface area contributed by atoms with Gasteiger partial charge < -0.3 is 9.64 Å². The van der Waals surface area contributed by atoms with Crippen molar-refractivity contribution in [2.24, 2.45) is 0 Å². The summed E-state index contributed by atoms with van der Waals surface area (Å²) in [4.78, 5) is 37.7. The van der Waals surface area contributed by atoms with Crippen LogP contribution in [0, 0.1) is 0 Å². The van der Waals surface area contributed by atoms with Crippen LogP contribution in [-0.2, 0) is 4.79 Å².